The monoisotopic (exact) mass is 475 g/mol. The Balaban J connectivity index is 1.50. The Kier molecular flexibility index (Phi) is 5.77. The molecule has 1 aliphatic rings. The molecule has 6 nitrogen and oxygen atoms in total. The maximum atomic E-state index is 13.7. The molecule has 5 rings (SSSR count). The fourth-order valence-corrected chi connectivity index (χ4v) is 4.95. The van der Waals surface area contributed by atoms with Crippen molar-refractivity contribution in [2.45, 2.75) is 0 Å². The van der Waals surface area contributed by atoms with Crippen LogP contribution < -0.4 is 16.1 Å². The van der Waals surface area contributed by atoms with Crippen LogP contribution in [0.1, 0.15) is 16.7 Å². The maximum Gasteiger partial charge on any atom is 0.204 e. The molecule has 2 aromatic heterocycles. The number of hydrogen-bond donors (Lipinski definition) is 2. The number of ether oxygens (including phenoxy) is 1. The molecule has 0 unspecified atom stereocenters. The summed E-state index contributed by atoms with van der Waals surface area (Å²) in [6.45, 7) is 6.23. The summed E-state index contributed by atoms with van der Waals surface area (Å²) in [5.74, 6) is 0.112. The van der Waals surface area contributed by atoms with Gasteiger partial charge in [0, 0.05) is 52.5 Å². The zero-order chi connectivity index (χ0) is 23.8. The number of thiophene rings is 1. The molecular formula is C26H22FN3O3S. The van der Waals surface area contributed by atoms with Crippen molar-refractivity contribution in [2.75, 3.05) is 31.2 Å². The smallest absolute Gasteiger partial charge is 0.204 e. The van der Waals surface area contributed by atoms with Crippen LogP contribution in [-0.2, 0) is 4.74 Å². The summed E-state index contributed by atoms with van der Waals surface area (Å²) in [4.78, 5) is 14.7. The van der Waals surface area contributed by atoms with Crippen LogP contribution in [-0.4, -0.2) is 32.0 Å². The Bertz CT molecular complexity index is 1470. The summed E-state index contributed by atoms with van der Waals surface area (Å²) in [7, 11) is 0. The van der Waals surface area contributed by atoms with Crippen molar-refractivity contribution in [2.24, 2.45) is 5.73 Å². The van der Waals surface area contributed by atoms with Crippen LogP contribution in [0.25, 0.3) is 27.1 Å². The molecule has 3 N–H and O–H groups in total. The minimum absolute atomic E-state index is 0.0664. The van der Waals surface area contributed by atoms with Crippen molar-refractivity contribution < 1.29 is 13.5 Å². The first-order chi connectivity index (χ1) is 16.4. The average Bonchev–Trinajstić information content (AvgIpc) is 3.29. The Labute approximate surface area is 199 Å². The van der Waals surface area contributed by atoms with Crippen molar-refractivity contribution in [3.63, 3.8) is 0 Å². The summed E-state index contributed by atoms with van der Waals surface area (Å²) in [5.41, 5.74) is 9.96. The topological polar surface area (TPSA) is 92.5 Å². The van der Waals surface area contributed by atoms with Crippen molar-refractivity contribution in [1.29, 1.82) is 5.41 Å². The molecule has 0 atom stereocenters. The quantitative estimate of drug-likeness (QED) is 0.403. The zero-order valence-electron chi connectivity index (χ0n) is 18.3. The van der Waals surface area contributed by atoms with Crippen LogP contribution in [0.2, 0.25) is 0 Å². The lowest BCUT2D eigenvalue weighted by atomic mass is 9.95. The second-order valence-corrected chi connectivity index (χ2v) is 8.90. The second kappa shape index (κ2) is 8.89. The number of rotatable bonds is 5. The van der Waals surface area contributed by atoms with Crippen LogP contribution in [0.3, 0.4) is 0 Å². The van der Waals surface area contributed by atoms with Gasteiger partial charge < -0.3 is 19.8 Å². The first kappa shape index (κ1) is 22.1. The Morgan fingerprint density at radius 2 is 1.82 bits per heavy atom. The molecular weight excluding hydrogens is 453 g/mol. The van der Waals surface area contributed by atoms with Gasteiger partial charge in [0.25, 0.3) is 0 Å². The first-order valence-corrected chi connectivity index (χ1v) is 11.6. The van der Waals surface area contributed by atoms with E-state index in [-0.39, 0.29) is 16.8 Å². The van der Waals surface area contributed by atoms with E-state index in [4.69, 9.17) is 20.3 Å². The van der Waals surface area contributed by atoms with Gasteiger partial charge in [0.05, 0.1) is 18.9 Å². The highest BCUT2D eigenvalue weighted by Gasteiger charge is 2.19. The van der Waals surface area contributed by atoms with Crippen LogP contribution in [0, 0.1) is 11.2 Å². The van der Waals surface area contributed by atoms with Gasteiger partial charge in [-0.25, -0.2) is 4.39 Å². The molecule has 34 heavy (non-hydrogen) atoms. The number of hydrogen-bond acceptors (Lipinski definition) is 7. The summed E-state index contributed by atoms with van der Waals surface area (Å²) in [6, 6.07) is 13.1. The highest BCUT2D eigenvalue weighted by molar-refractivity contribution is 7.17. The van der Waals surface area contributed by atoms with Gasteiger partial charge in [-0.3, -0.25) is 10.2 Å². The standard InChI is InChI=1S/C26H22FN3O3S/c1-15(28)20-12-18(27)6-7-19(20)24(29)17-4-2-16(3-5-17)21-14-34-26-22(31)13-23(33-25(21)26)30-8-10-32-11-9-30/h2-7,12-14,29H,1,8-11,28H2. The second-order valence-electron chi connectivity index (χ2n) is 8.02. The van der Waals surface area contributed by atoms with Crippen LogP contribution in [0.5, 0.6) is 0 Å². The van der Waals surface area contributed by atoms with Gasteiger partial charge in [-0.1, -0.05) is 30.8 Å². The number of nitrogens with two attached hydrogens (primary N) is 1. The Morgan fingerprint density at radius 1 is 1.09 bits per heavy atom. The Morgan fingerprint density at radius 3 is 2.53 bits per heavy atom. The summed E-state index contributed by atoms with van der Waals surface area (Å²) >= 11 is 1.35. The lowest BCUT2D eigenvalue weighted by Crippen LogP contribution is -2.36. The van der Waals surface area contributed by atoms with Gasteiger partial charge in [-0.2, -0.15) is 0 Å². The molecule has 0 spiro atoms. The number of halogens is 1. The molecule has 0 radical (unpaired) electrons. The van der Waals surface area contributed by atoms with Crippen molar-refractivity contribution in [3.8, 4) is 11.1 Å². The molecule has 0 aliphatic carbocycles. The number of fused-ring (bicyclic) bond motifs is 1. The van der Waals surface area contributed by atoms with Gasteiger partial charge >= 0.3 is 0 Å². The van der Waals surface area contributed by atoms with Gasteiger partial charge in [0.15, 0.2) is 11.5 Å². The third-order valence-corrected chi connectivity index (χ3v) is 6.81. The van der Waals surface area contributed by atoms with Crippen LogP contribution in [0.4, 0.5) is 10.3 Å². The molecule has 1 aliphatic heterocycles. The van der Waals surface area contributed by atoms with E-state index >= 15 is 0 Å². The molecule has 3 heterocycles. The van der Waals surface area contributed by atoms with Crippen molar-refractivity contribution in [1.82, 2.24) is 0 Å². The van der Waals surface area contributed by atoms with E-state index in [2.05, 4.69) is 6.58 Å². The number of benzene rings is 2. The van der Waals surface area contributed by atoms with Crippen LogP contribution in [0.15, 0.2) is 69.7 Å². The zero-order valence-corrected chi connectivity index (χ0v) is 19.1. The highest BCUT2D eigenvalue weighted by atomic mass is 32.1. The number of morpholine rings is 1. The molecule has 172 valence electrons. The largest absolute Gasteiger partial charge is 0.439 e. The van der Waals surface area contributed by atoms with E-state index < -0.39 is 5.82 Å². The van der Waals surface area contributed by atoms with Crippen LogP contribution >= 0.6 is 11.3 Å². The lowest BCUT2D eigenvalue weighted by Gasteiger charge is -2.27. The third-order valence-electron chi connectivity index (χ3n) is 5.83. The van der Waals surface area contributed by atoms with E-state index in [1.165, 1.54) is 29.5 Å². The van der Waals surface area contributed by atoms with E-state index in [1.54, 1.807) is 6.07 Å². The fourth-order valence-electron chi connectivity index (χ4n) is 4.04. The van der Waals surface area contributed by atoms with E-state index in [0.29, 0.717) is 59.2 Å². The molecule has 0 bridgehead atoms. The van der Waals surface area contributed by atoms with Crippen molar-refractivity contribution >= 4 is 38.9 Å². The predicted octanol–water partition coefficient (Wildman–Crippen LogP) is 4.84. The molecule has 0 saturated carbocycles. The van der Waals surface area contributed by atoms with E-state index in [9.17, 15) is 9.18 Å². The minimum atomic E-state index is -0.434. The number of nitrogens with one attached hydrogen (secondary N) is 1. The van der Waals surface area contributed by atoms with Gasteiger partial charge in [-0.05, 0) is 23.8 Å². The molecule has 1 fully saturated rings. The molecule has 8 heteroatoms. The fraction of sp³-hybridized carbons (Fsp3) is 0.154. The highest BCUT2D eigenvalue weighted by Crippen LogP contribution is 2.35. The van der Waals surface area contributed by atoms with Gasteiger partial charge in [0.1, 0.15) is 10.5 Å². The first-order valence-electron chi connectivity index (χ1n) is 10.7. The molecule has 4 aromatic rings. The Hall–Kier alpha value is -3.75. The average molecular weight is 476 g/mol. The SMILES string of the molecule is C=C(N)c1cc(F)ccc1C(=N)c1ccc(-c2csc3c(=O)cc(N4CCOCC4)oc23)cc1. The van der Waals surface area contributed by atoms with Crippen molar-refractivity contribution in [3.05, 3.63) is 93.2 Å². The normalized spacial score (nSPS) is 13.9. The predicted molar refractivity (Wildman–Crippen MR) is 134 cm³/mol. The van der Waals surface area contributed by atoms with E-state index in [0.717, 1.165) is 11.1 Å². The van der Waals surface area contributed by atoms with Gasteiger partial charge in [0.2, 0.25) is 5.43 Å². The number of nitrogens with zero attached hydrogens (tertiary/aromatic N) is 1. The molecule has 2 aromatic carbocycles. The molecule has 1 saturated heterocycles. The van der Waals surface area contributed by atoms with Gasteiger partial charge in [-0.15, -0.1) is 11.3 Å². The summed E-state index contributed by atoms with van der Waals surface area (Å²) in [5, 5.41) is 10.5. The number of anilines is 1. The summed E-state index contributed by atoms with van der Waals surface area (Å²) in [6.07, 6.45) is 0. The third kappa shape index (κ3) is 4.02. The molecule has 0 amide bonds. The summed E-state index contributed by atoms with van der Waals surface area (Å²) < 4.78 is 25.8. The maximum absolute atomic E-state index is 13.7. The minimum Gasteiger partial charge on any atom is -0.439 e. The van der Waals surface area contributed by atoms with E-state index in [1.807, 2.05) is 34.5 Å². The lowest BCUT2D eigenvalue weighted by molar-refractivity contribution is 0.121.